The topological polar surface area (TPSA) is 43.6 Å². The molecule has 0 amide bonds. The zero-order chi connectivity index (χ0) is 34.9. The summed E-state index contributed by atoms with van der Waals surface area (Å²) in [5.74, 6) is 0.690. The van der Waals surface area contributed by atoms with E-state index in [0.29, 0.717) is 5.82 Å². The third-order valence-corrected chi connectivity index (χ3v) is 10.7. The van der Waals surface area contributed by atoms with Gasteiger partial charge in [0.1, 0.15) is 0 Å². The van der Waals surface area contributed by atoms with Crippen molar-refractivity contribution in [1.29, 1.82) is 0 Å². The average molecular weight is 675 g/mol. The Labute approximate surface area is 306 Å². The second-order valence-corrected chi connectivity index (χ2v) is 13.6. The lowest BCUT2D eigenvalue weighted by Gasteiger charge is -2.13. The maximum atomic E-state index is 5.16. The Bertz CT molecular complexity index is 3010. The summed E-state index contributed by atoms with van der Waals surface area (Å²) in [7, 11) is 0. The lowest BCUT2D eigenvalue weighted by molar-refractivity contribution is 1.17. The van der Waals surface area contributed by atoms with Gasteiger partial charge < -0.3 is 4.57 Å². The fourth-order valence-corrected chi connectivity index (χ4v) is 8.20. The molecular formula is C49H30N4. The van der Waals surface area contributed by atoms with E-state index in [1.807, 2.05) is 18.3 Å². The van der Waals surface area contributed by atoms with Gasteiger partial charge in [0.2, 0.25) is 0 Å². The lowest BCUT2D eigenvalue weighted by Crippen LogP contribution is -1.97. The van der Waals surface area contributed by atoms with Gasteiger partial charge in [-0.3, -0.25) is 4.98 Å². The molecule has 10 aromatic rings. The van der Waals surface area contributed by atoms with Gasteiger partial charge in [-0.25, -0.2) is 9.97 Å². The number of aromatic nitrogens is 4. The van der Waals surface area contributed by atoms with Crippen LogP contribution in [0.25, 0.3) is 106 Å². The SMILES string of the molecule is c1ccc(-c2cc(-c3ccc(-n4c5ccccc5c5ccc6c(c54)-c4cccc5cccc-6c45)cc3)nc(-c3ccc(-c4cccnc4)cc3)n2)cc1. The van der Waals surface area contributed by atoms with Crippen LogP contribution in [0, 0.1) is 0 Å². The molecule has 53 heavy (non-hydrogen) atoms. The second kappa shape index (κ2) is 11.7. The molecule has 0 radical (unpaired) electrons. The van der Waals surface area contributed by atoms with Crippen molar-refractivity contribution in [3.8, 4) is 73.0 Å². The summed E-state index contributed by atoms with van der Waals surface area (Å²) in [5.41, 5.74) is 15.7. The van der Waals surface area contributed by atoms with Gasteiger partial charge in [0, 0.05) is 51.1 Å². The highest BCUT2D eigenvalue weighted by Gasteiger charge is 2.26. The second-order valence-electron chi connectivity index (χ2n) is 13.6. The molecule has 0 saturated carbocycles. The van der Waals surface area contributed by atoms with Crippen molar-refractivity contribution in [1.82, 2.24) is 19.5 Å². The van der Waals surface area contributed by atoms with Crippen LogP contribution in [0.2, 0.25) is 0 Å². The third kappa shape index (κ3) is 4.66. The standard InChI is InChI=1S/C49H30N4/c1-2-9-32(10-3-1)43-29-44(52-49(51-43)35-20-18-31(19-21-35)36-13-8-28-50-30-36)33-22-24-37(25-23-33)53-45-17-5-4-14-38(45)41-27-26-40-39-15-6-11-34-12-7-16-42(46(34)39)47(40)48(41)53/h1-30H. The van der Waals surface area contributed by atoms with Gasteiger partial charge >= 0.3 is 0 Å². The molecule has 0 unspecified atom stereocenters. The summed E-state index contributed by atoms with van der Waals surface area (Å²) in [6, 6.07) is 60.5. The van der Waals surface area contributed by atoms with Crippen molar-refractivity contribution >= 4 is 32.6 Å². The Morgan fingerprint density at radius 3 is 1.89 bits per heavy atom. The number of para-hydroxylation sites is 1. The van der Waals surface area contributed by atoms with E-state index < -0.39 is 0 Å². The minimum Gasteiger partial charge on any atom is -0.309 e. The predicted octanol–water partition coefficient (Wildman–Crippen LogP) is 12.4. The molecule has 3 heterocycles. The molecule has 0 spiro atoms. The van der Waals surface area contributed by atoms with Gasteiger partial charge in [0.15, 0.2) is 5.82 Å². The number of hydrogen-bond acceptors (Lipinski definition) is 3. The fraction of sp³-hybridized carbons (Fsp3) is 0. The molecule has 1 aliphatic rings. The van der Waals surface area contributed by atoms with Crippen molar-refractivity contribution in [2.45, 2.75) is 0 Å². The zero-order valence-electron chi connectivity index (χ0n) is 28.6. The van der Waals surface area contributed by atoms with Crippen molar-refractivity contribution in [3.05, 3.63) is 182 Å². The van der Waals surface area contributed by atoms with E-state index in [0.717, 1.165) is 44.9 Å². The van der Waals surface area contributed by atoms with Crippen molar-refractivity contribution in [2.75, 3.05) is 0 Å². The molecule has 246 valence electrons. The van der Waals surface area contributed by atoms with Crippen molar-refractivity contribution in [2.24, 2.45) is 0 Å². The highest BCUT2D eigenvalue weighted by Crippen LogP contribution is 2.52. The summed E-state index contributed by atoms with van der Waals surface area (Å²) in [5, 5.41) is 5.13. The van der Waals surface area contributed by atoms with E-state index in [-0.39, 0.29) is 0 Å². The van der Waals surface area contributed by atoms with E-state index in [4.69, 9.17) is 9.97 Å². The quantitative estimate of drug-likeness (QED) is 0.182. The first-order valence-electron chi connectivity index (χ1n) is 17.9. The van der Waals surface area contributed by atoms with Crippen LogP contribution in [0.5, 0.6) is 0 Å². The third-order valence-electron chi connectivity index (χ3n) is 10.7. The summed E-state index contributed by atoms with van der Waals surface area (Å²) in [4.78, 5) is 14.5. The van der Waals surface area contributed by atoms with E-state index in [1.54, 1.807) is 6.20 Å². The fourth-order valence-electron chi connectivity index (χ4n) is 8.20. The van der Waals surface area contributed by atoms with E-state index in [9.17, 15) is 0 Å². The average Bonchev–Trinajstić information content (AvgIpc) is 3.75. The number of rotatable bonds is 5. The van der Waals surface area contributed by atoms with Crippen LogP contribution in [-0.2, 0) is 0 Å². The van der Waals surface area contributed by atoms with E-state index >= 15 is 0 Å². The number of pyridine rings is 1. The molecule has 0 atom stereocenters. The monoisotopic (exact) mass is 674 g/mol. The number of benzene rings is 7. The van der Waals surface area contributed by atoms with Crippen LogP contribution < -0.4 is 0 Å². The van der Waals surface area contributed by atoms with E-state index in [2.05, 4.69) is 167 Å². The first-order valence-corrected chi connectivity index (χ1v) is 17.9. The Morgan fingerprint density at radius 2 is 1.11 bits per heavy atom. The molecule has 4 nitrogen and oxygen atoms in total. The van der Waals surface area contributed by atoms with Crippen LogP contribution in [0.4, 0.5) is 0 Å². The van der Waals surface area contributed by atoms with Crippen molar-refractivity contribution < 1.29 is 0 Å². The molecule has 0 saturated heterocycles. The highest BCUT2D eigenvalue weighted by atomic mass is 15.0. The number of hydrogen-bond donors (Lipinski definition) is 0. The Hall–Kier alpha value is -7.17. The number of nitrogens with zero attached hydrogens (tertiary/aromatic N) is 4. The van der Waals surface area contributed by atoms with Gasteiger partial charge in [-0.15, -0.1) is 0 Å². The Balaban J connectivity index is 1.06. The highest BCUT2D eigenvalue weighted by molar-refractivity contribution is 6.24. The van der Waals surface area contributed by atoms with Gasteiger partial charge in [0.25, 0.3) is 0 Å². The molecule has 1 aliphatic carbocycles. The van der Waals surface area contributed by atoms with Crippen molar-refractivity contribution in [3.63, 3.8) is 0 Å². The molecule has 4 heteroatoms. The summed E-state index contributed by atoms with van der Waals surface area (Å²) in [6.07, 6.45) is 3.68. The predicted molar refractivity (Wildman–Crippen MR) is 218 cm³/mol. The van der Waals surface area contributed by atoms with Gasteiger partial charge in [0.05, 0.1) is 22.4 Å². The van der Waals surface area contributed by atoms with Crippen LogP contribution in [0.1, 0.15) is 0 Å². The smallest absolute Gasteiger partial charge is 0.160 e. The normalized spacial score (nSPS) is 11.8. The summed E-state index contributed by atoms with van der Waals surface area (Å²) < 4.78 is 2.45. The Morgan fingerprint density at radius 1 is 0.434 bits per heavy atom. The molecule has 7 aromatic carbocycles. The molecule has 0 aliphatic heterocycles. The summed E-state index contributed by atoms with van der Waals surface area (Å²) in [6.45, 7) is 0. The molecule has 0 bridgehead atoms. The van der Waals surface area contributed by atoms with Crippen LogP contribution in [-0.4, -0.2) is 19.5 Å². The van der Waals surface area contributed by atoms with Crippen LogP contribution in [0.3, 0.4) is 0 Å². The molecule has 0 fully saturated rings. The lowest BCUT2D eigenvalue weighted by atomic mass is 10.00. The summed E-state index contributed by atoms with van der Waals surface area (Å²) >= 11 is 0. The van der Waals surface area contributed by atoms with E-state index in [1.165, 1.54) is 54.8 Å². The Kier molecular flexibility index (Phi) is 6.52. The number of fused-ring (bicyclic) bond motifs is 7. The first-order chi connectivity index (χ1) is 26.3. The first kappa shape index (κ1) is 29.5. The zero-order valence-corrected chi connectivity index (χ0v) is 28.6. The van der Waals surface area contributed by atoms with Gasteiger partial charge in [-0.2, -0.15) is 0 Å². The minimum absolute atomic E-state index is 0.690. The van der Waals surface area contributed by atoms with Gasteiger partial charge in [-0.1, -0.05) is 140 Å². The van der Waals surface area contributed by atoms with Gasteiger partial charge in [-0.05, 0) is 68.9 Å². The molecular weight excluding hydrogens is 645 g/mol. The molecule has 3 aromatic heterocycles. The van der Waals surface area contributed by atoms with Crippen LogP contribution in [0.15, 0.2) is 182 Å². The maximum absolute atomic E-state index is 5.16. The molecule has 0 N–H and O–H groups in total. The molecule has 11 rings (SSSR count). The maximum Gasteiger partial charge on any atom is 0.160 e. The largest absolute Gasteiger partial charge is 0.309 e. The minimum atomic E-state index is 0.690. The van der Waals surface area contributed by atoms with Crippen LogP contribution >= 0.6 is 0 Å².